The van der Waals surface area contributed by atoms with Crippen LogP contribution in [0.1, 0.15) is 51.5 Å². The van der Waals surface area contributed by atoms with E-state index in [-0.39, 0.29) is 0 Å². The summed E-state index contributed by atoms with van der Waals surface area (Å²) >= 11 is 0. The minimum atomic E-state index is 0.724. The molecule has 0 bridgehead atoms. The van der Waals surface area contributed by atoms with Crippen molar-refractivity contribution in [1.29, 1.82) is 0 Å². The Bertz CT molecular complexity index is 394. The van der Waals surface area contributed by atoms with Crippen molar-refractivity contribution in [3.8, 4) is 0 Å². The molecule has 0 heterocycles. The van der Waals surface area contributed by atoms with Gasteiger partial charge in [0, 0.05) is 24.3 Å². The highest BCUT2D eigenvalue weighted by atomic mass is 15.2. The zero-order valence-corrected chi connectivity index (χ0v) is 13.4. The van der Waals surface area contributed by atoms with Gasteiger partial charge in [-0.05, 0) is 70.2 Å². The molecule has 1 aromatic carbocycles. The average Bonchev–Trinajstić information content (AvgIpc) is 2.47. The molecule has 2 nitrogen and oxygen atoms in total. The van der Waals surface area contributed by atoms with Crippen LogP contribution in [0.15, 0.2) is 24.3 Å². The molecule has 1 aliphatic rings. The molecular formula is C18H30N2. The number of hydrogen-bond acceptors (Lipinski definition) is 2. The van der Waals surface area contributed by atoms with E-state index >= 15 is 0 Å². The van der Waals surface area contributed by atoms with Crippen molar-refractivity contribution >= 4 is 5.69 Å². The molecule has 0 aliphatic heterocycles. The van der Waals surface area contributed by atoms with Gasteiger partial charge >= 0.3 is 0 Å². The fraction of sp³-hybridized carbons (Fsp3) is 0.667. The predicted octanol–water partition coefficient (Wildman–Crippen LogP) is 4.13. The monoisotopic (exact) mass is 274 g/mol. The number of rotatable bonds is 6. The summed E-state index contributed by atoms with van der Waals surface area (Å²) in [6, 6.07) is 10.4. The van der Waals surface area contributed by atoms with Gasteiger partial charge < -0.3 is 10.2 Å². The maximum absolute atomic E-state index is 3.68. The summed E-state index contributed by atoms with van der Waals surface area (Å²) < 4.78 is 0. The molecule has 0 aromatic heterocycles. The van der Waals surface area contributed by atoms with Crippen molar-refractivity contribution in [3.63, 3.8) is 0 Å². The van der Waals surface area contributed by atoms with Crippen LogP contribution in [0.25, 0.3) is 0 Å². The first-order valence-corrected chi connectivity index (χ1v) is 8.31. The number of nitrogens with one attached hydrogen (secondary N) is 1. The summed E-state index contributed by atoms with van der Waals surface area (Å²) in [4.78, 5) is 2.60. The first-order chi connectivity index (χ1) is 9.74. The second kappa shape index (κ2) is 7.68. The molecule has 1 aromatic rings. The maximum atomic E-state index is 3.68. The standard InChI is InChI=1S/C18H30N2/c1-4-13-19-16-9-11-17(12-10-16)20(5-2)18-8-6-7-15(3)14-18/h6-8,14,16-17,19H,4-5,9-13H2,1-3H3. The van der Waals surface area contributed by atoms with Gasteiger partial charge in [-0.25, -0.2) is 0 Å². The van der Waals surface area contributed by atoms with E-state index < -0.39 is 0 Å². The molecule has 0 radical (unpaired) electrons. The smallest absolute Gasteiger partial charge is 0.0371 e. The van der Waals surface area contributed by atoms with Crippen LogP contribution in [0, 0.1) is 6.92 Å². The van der Waals surface area contributed by atoms with Gasteiger partial charge in [0.25, 0.3) is 0 Å². The van der Waals surface area contributed by atoms with Crippen LogP contribution >= 0.6 is 0 Å². The molecule has 0 unspecified atom stereocenters. The van der Waals surface area contributed by atoms with E-state index in [2.05, 4.69) is 55.3 Å². The zero-order chi connectivity index (χ0) is 14.4. The largest absolute Gasteiger partial charge is 0.369 e. The molecule has 112 valence electrons. The van der Waals surface area contributed by atoms with E-state index in [1.807, 2.05) is 0 Å². The SMILES string of the molecule is CCCNC1CCC(N(CC)c2cccc(C)c2)CC1. The molecule has 2 rings (SSSR count). The highest BCUT2D eigenvalue weighted by Crippen LogP contribution is 2.28. The lowest BCUT2D eigenvalue weighted by Crippen LogP contribution is -2.42. The van der Waals surface area contributed by atoms with E-state index in [1.54, 1.807) is 0 Å². The van der Waals surface area contributed by atoms with Gasteiger partial charge in [0.05, 0.1) is 0 Å². The maximum Gasteiger partial charge on any atom is 0.0371 e. The van der Waals surface area contributed by atoms with Crippen molar-refractivity contribution in [2.24, 2.45) is 0 Å². The molecule has 20 heavy (non-hydrogen) atoms. The van der Waals surface area contributed by atoms with Gasteiger partial charge in [-0.2, -0.15) is 0 Å². The summed E-state index contributed by atoms with van der Waals surface area (Å²) in [6.45, 7) is 8.99. The summed E-state index contributed by atoms with van der Waals surface area (Å²) in [6.07, 6.45) is 6.54. The third-order valence-corrected chi connectivity index (χ3v) is 4.49. The summed E-state index contributed by atoms with van der Waals surface area (Å²) in [7, 11) is 0. The number of nitrogens with zero attached hydrogens (tertiary/aromatic N) is 1. The van der Waals surface area contributed by atoms with Crippen LogP contribution in [0.4, 0.5) is 5.69 Å². The van der Waals surface area contributed by atoms with E-state index in [0.717, 1.165) is 18.6 Å². The van der Waals surface area contributed by atoms with Crippen LogP contribution < -0.4 is 10.2 Å². The van der Waals surface area contributed by atoms with E-state index in [1.165, 1.54) is 49.9 Å². The molecule has 1 aliphatic carbocycles. The van der Waals surface area contributed by atoms with Crippen molar-refractivity contribution in [2.75, 3.05) is 18.0 Å². The normalized spacial score (nSPS) is 22.8. The summed E-state index contributed by atoms with van der Waals surface area (Å²) in [5.74, 6) is 0. The Morgan fingerprint density at radius 2 is 1.90 bits per heavy atom. The Kier molecular flexibility index (Phi) is 5.90. The average molecular weight is 274 g/mol. The van der Waals surface area contributed by atoms with Crippen LogP contribution in [-0.2, 0) is 0 Å². The number of anilines is 1. The summed E-state index contributed by atoms with van der Waals surface area (Å²) in [5.41, 5.74) is 2.76. The number of aryl methyl sites for hydroxylation is 1. The Hall–Kier alpha value is -1.02. The fourth-order valence-electron chi connectivity index (χ4n) is 3.40. The Balaban J connectivity index is 1.93. The Labute approximate surface area is 124 Å². The van der Waals surface area contributed by atoms with Gasteiger partial charge in [-0.3, -0.25) is 0 Å². The van der Waals surface area contributed by atoms with E-state index in [0.29, 0.717) is 0 Å². The third kappa shape index (κ3) is 3.99. The second-order valence-corrected chi connectivity index (χ2v) is 6.08. The molecule has 1 saturated carbocycles. The molecule has 1 N–H and O–H groups in total. The third-order valence-electron chi connectivity index (χ3n) is 4.49. The molecule has 0 saturated heterocycles. The Morgan fingerprint density at radius 1 is 1.15 bits per heavy atom. The molecule has 0 atom stereocenters. The van der Waals surface area contributed by atoms with Crippen molar-refractivity contribution < 1.29 is 0 Å². The predicted molar refractivity (Wildman–Crippen MR) is 88.5 cm³/mol. The van der Waals surface area contributed by atoms with E-state index in [4.69, 9.17) is 0 Å². The summed E-state index contributed by atoms with van der Waals surface area (Å²) in [5, 5.41) is 3.68. The van der Waals surface area contributed by atoms with Crippen molar-refractivity contribution in [1.82, 2.24) is 5.32 Å². The van der Waals surface area contributed by atoms with Crippen molar-refractivity contribution in [2.45, 2.75) is 65.0 Å². The number of hydrogen-bond donors (Lipinski definition) is 1. The van der Waals surface area contributed by atoms with Gasteiger partial charge in [0.2, 0.25) is 0 Å². The quantitative estimate of drug-likeness (QED) is 0.839. The lowest BCUT2D eigenvalue weighted by Gasteiger charge is -2.38. The molecule has 0 spiro atoms. The van der Waals surface area contributed by atoms with Crippen LogP contribution in [0.2, 0.25) is 0 Å². The fourth-order valence-corrected chi connectivity index (χ4v) is 3.40. The second-order valence-electron chi connectivity index (χ2n) is 6.08. The molecule has 1 fully saturated rings. The first kappa shape index (κ1) is 15.4. The Morgan fingerprint density at radius 3 is 2.50 bits per heavy atom. The van der Waals surface area contributed by atoms with Gasteiger partial charge in [-0.15, -0.1) is 0 Å². The zero-order valence-electron chi connectivity index (χ0n) is 13.4. The number of benzene rings is 1. The highest BCUT2D eigenvalue weighted by molar-refractivity contribution is 5.49. The first-order valence-electron chi connectivity index (χ1n) is 8.31. The van der Waals surface area contributed by atoms with Gasteiger partial charge in [0.15, 0.2) is 0 Å². The van der Waals surface area contributed by atoms with Crippen LogP contribution in [0.3, 0.4) is 0 Å². The minimum Gasteiger partial charge on any atom is -0.369 e. The lowest BCUT2D eigenvalue weighted by molar-refractivity contribution is 0.333. The minimum absolute atomic E-state index is 0.724. The van der Waals surface area contributed by atoms with Crippen LogP contribution in [0.5, 0.6) is 0 Å². The van der Waals surface area contributed by atoms with Crippen molar-refractivity contribution in [3.05, 3.63) is 29.8 Å². The van der Waals surface area contributed by atoms with Gasteiger partial charge in [-0.1, -0.05) is 19.1 Å². The molecule has 2 heteroatoms. The van der Waals surface area contributed by atoms with E-state index in [9.17, 15) is 0 Å². The van der Waals surface area contributed by atoms with Gasteiger partial charge in [0.1, 0.15) is 0 Å². The topological polar surface area (TPSA) is 15.3 Å². The lowest BCUT2D eigenvalue weighted by atomic mass is 9.89. The molecule has 0 amide bonds. The molecular weight excluding hydrogens is 244 g/mol. The highest BCUT2D eigenvalue weighted by Gasteiger charge is 2.24. The van der Waals surface area contributed by atoms with Crippen LogP contribution in [-0.4, -0.2) is 25.2 Å².